The number of allylic oxidation sites excluding steroid dienone is 1. The third-order valence-corrected chi connectivity index (χ3v) is 11.8. The zero-order chi connectivity index (χ0) is 35.8. The third kappa shape index (κ3) is 4.73. The molecule has 4 aliphatic rings. The van der Waals surface area contributed by atoms with Crippen molar-refractivity contribution in [3.63, 3.8) is 0 Å². The van der Waals surface area contributed by atoms with Crippen molar-refractivity contribution in [2.24, 2.45) is 34.0 Å². The number of esters is 4. The summed E-state index contributed by atoms with van der Waals surface area (Å²) in [5, 5.41) is 26.5. The van der Waals surface area contributed by atoms with Crippen LogP contribution in [0.15, 0.2) is 46.3 Å². The van der Waals surface area contributed by atoms with Crippen LogP contribution in [0.1, 0.15) is 86.3 Å². The molecule has 262 valence electrons. The molecule has 2 heterocycles. The average molecular weight is 671 g/mol. The molecular formula is C36H46O12. The largest absolute Gasteiger partial charge is 0.472 e. The lowest BCUT2D eigenvalue weighted by atomic mass is 9.35. The molecule has 0 amide bonds. The number of fused-ring (bicyclic) bond motifs is 6. The number of Topliss-reactive ketones (excluding diaryl/α,β-unsaturated/α-hetero) is 1. The number of carbonyl (C=O) groups is 5. The summed E-state index contributed by atoms with van der Waals surface area (Å²) >= 11 is 0. The summed E-state index contributed by atoms with van der Waals surface area (Å²) in [6, 6.07) is 1.64. The average Bonchev–Trinajstić information content (AvgIpc) is 3.57. The van der Waals surface area contributed by atoms with Crippen molar-refractivity contribution < 1.29 is 57.6 Å². The molecule has 5 rings (SSSR count). The first-order valence-electron chi connectivity index (χ1n) is 16.3. The van der Waals surface area contributed by atoms with Crippen LogP contribution < -0.4 is 0 Å². The van der Waals surface area contributed by atoms with Crippen molar-refractivity contribution >= 4 is 29.7 Å². The summed E-state index contributed by atoms with van der Waals surface area (Å²) < 4.78 is 28.2. The number of cyclic esters (lactones) is 1. The van der Waals surface area contributed by atoms with Crippen molar-refractivity contribution in [2.75, 3.05) is 7.11 Å². The van der Waals surface area contributed by atoms with Gasteiger partial charge in [0.05, 0.1) is 25.6 Å². The Kier molecular flexibility index (Phi) is 8.65. The fourth-order valence-corrected chi connectivity index (χ4v) is 9.28. The monoisotopic (exact) mass is 670 g/mol. The highest BCUT2D eigenvalue weighted by Crippen LogP contribution is 2.71. The van der Waals surface area contributed by atoms with Crippen molar-refractivity contribution in [3.8, 4) is 0 Å². The Labute approximate surface area is 279 Å². The molecule has 2 bridgehead atoms. The van der Waals surface area contributed by atoms with Gasteiger partial charge in [0.25, 0.3) is 0 Å². The van der Waals surface area contributed by atoms with E-state index in [0.717, 1.165) is 6.08 Å². The molecule has 1 aromatic heterocycles. The summed E-state index contributed by atoms with van der Waals surface area (Å²) in [6.45, 7) is 13.0. The third-order valence-electron chi connectivity index (χ3n) is 11.8. The maximum atomic E-state index is 15.1. The van der Waals surface area contributed by atoms with Crippen molar-refractivity contribution in [1.29, 1.82) is 0 Å². The maximum Gasteiger partial charge on any atom is 0.333 e. The predicted molar refractivity (Wildman–Crippen MR) is 167 cm³/mol. The number of ether oxygens (including phenoxy) is 4. The van der Waals surface area contributed by atoms with Gasteiger partial charge in [-0.25, -0.2) is 9.59 Å². The Balaban J connectivity index is 1.85. The number of methoxy groups -OCH3 is 1. The van der Waals surface area contributed by atoms with Gasteiger partial charge in [0.1, 0.15) is 17.8 Å². The Morgan fingerprint density at radius 2 is 1.73 bits per heavy atom. The molecule has 3 aliphatic carbocycles. The van der Waals surface area contributed by atoms with E-state index in [1.54, 1.807) is 54.5 Å². The Bertz CT molecular complexity index is 1580. The van der Waals surface area contributed by atoms with Crippen molar-refractivity contribution in [2.45, 2.75) is 104 Å². The van der Waals surface area contributed by atoms with Crippen molar-refractivity contribution in [1.82, 2.24) is 0 Å². The van der Waals surface area contributed by atoms with Gasteiger partial charge in [-0.3, -0.25) is 14.4 Å². The fraction of sp³-hybridized carbons (Fsp3) is 0.639. The van der Waals surface area contributed by atoms with E-state index in [9.17, 15) is 29.4 Å². The minimum absolute atomic E-state index is 0.0960. The summed E-state index contributed by atoms with van der Waals surface area (Å²) in [6.07, 6.45) is 0.911. The quantitative estimate of drug-likeness (QED) is 0.243. The summed E-state index contributed by atoms with van der Waals surface area (Å²) in [5.74, 6) is -6.78. The second-order valence-corrected chi connectivity index (χ2v) is 15.1. The molecule has 0 saturated heterocycles. The van der Waals surface area contributed by atoms with Crippen LogP contribution in [-0.2, 0) is 42.9 Å². The minimum Gasteiger partial charge on any atom is -0.472 e. The SMILES string of the molecule is C/C=C(\C)C(=O)O[C@H]1C(C)(C)[C@H](CC(=O)OC)[C@]2(C)C(=O)[C@@]1(O)[C@@H](OC(=O)C(C)C)[C@]1(O)C3=CC(=O)O[C@@H](c4ccoc4)[C@]3(C)CC[C@H]21. The number of aliphatic hydroxyl groups is 2. The van der Waals surface area contributed by atoms with Crippen LogP contribution in [0.2, 0.25) is 0 Å². The second kappa shape index (κ2) is 11.7. The summed E-state index contributed by atoms with van der Waals surface area (Å²) in [5.41, 5.74) is -8.59. The van der Waals surface area contributed by atoms with E-state index in [4.69, 9.17) is 23.4 Å². The van der Waals surface area contributed by atoms with Crippen LogP contribution in [-0.4, -0.2) is 70.4 Å². The first kappa shape index (κ1) is 35.5. The van der Waals surface area contributed by atoms with E-state index >= 15 is 4.79 Å². The topological polar surface area (TPSA) is 176 Å². The highest BCUT2D eigenvalue weighted by Gasteiger charge is 2.84. The molecule has 12 heteroatoms. The lowest BCUT2D eigenvalue weighted by Crippen LogP contribution is -2.86. The molecule has 3 saturated carbocycles. The van der Waals surface area contributed by atoms with Gasteiger partial charge in [0, 0.05) is 45.8 Å². The molecule has 0 aromatic carbocycles. The molecule has 48 heavy (non-hydrogen) atoms. The Morgan fingerprint density at radius 1 is 1.06 bits per heavy atom. The zero-order valence-corrected chi connectivity index (χ0v) is 28.9. The smallest absolute Gasteiger partial charge is 0.333 e. The summed E-state index contributed by atoms with van der Waals surface area (Å²) in [7, 11) is 1.21. The predicted octanol–water partition coefficient (Wildman–Crippen LogP) is 3.94. The van der Waals surface area contributed by atoms with E-state index in [1.807, 2.05) is 0 Å². The zero-order valence-electron chi connectivity index (χ0n) is 28.9. The molecule has 9 atom stereocenters. The van der Waals surface area contributed by atoms with E-state index < -0.39 is 93.2 Å². The normalized spacial score (nSPS) is 38.6. The molecule has 12 nitrogen and oxygen atoms in total. The van der Waals surface area contributed by atoms with Crippen LogP contribution in [0.4, 0.5) is 0 Å². The van der Waals surface area contributed by atoms with E-state index in [2.05, 4.69) is 0 Å². The van der Waals surface area contributed by atoms with E-state index in [0.29, 0.717) is 12.0 Å². The van der Waals surface area contributed by atoms with Gasteiger partial charge < -0.3 is 33.6 Å². The van der Waals surface area contributed by atoms with E-state index in [-0.39, 0.29) is 24.0 Å². The highest BCUT2D eigenvalue weighted by molar-refractivity contribution is 5.99. The second-order valence-electron chi connectivity index (χ2n) is 15.1. The molecule has 3 fully saturated rings. The number of furan rings is 1. The van der Waals surface area contributed by atoms with Crippen LogP contribution >= 0.6 is 0 Å². The molecular weight excluding hydrogens is 624 g/mol. The first-order chi connectivity index (χ1) is 22.3. The molecule has 0 spiro atoms. The minimum atomic E-state index is -2.84. The van der Waals surface area contributed by atoms with Gasteiger partial charge in [-0.1, -0.05) is 47.6 Å². The maximum absolute atomic E-state index is 15.1. The molecule has 1 aliphatic heterocycles. The lowest BCUT2D eigenvalue weighted by molar-refractivity contribution is -0.312. The lowest BCUT2D eigenvalue weighted by Gasteiger charge is -2.71. The van der Waals surface area contributed by atoms with Gasteiger partial charge in [-0.15, -0.1) is 0 Å². The summed E-state index contributed by atoms with van der Waals surface area (Å²) in [4.78, 5) is 68.5. The number of rotatable bonds is 7. The van der Waals surface area contributed by atoms with Crippen LogP contribution in [0.5, 0.6) is 0 Å². The number of ketones is 1. The number of hydrogen-bond acceptors (Lipinski definition) is 12. The van der Waals surface area contributed by atoms with Crippen LogP contribution in [0, 0.1) is 34.0 Å². The Hall–Kier alpha value is -3.77. The first-order valence-corrected chi connectivity index (χ1v) is 16.3. The fourth-order valence-electron chi connectivity index (χ4n) is 9.28. The molecule has 0 radical (unpaired) electrons. The van der Waals surface area contributed by atoms with Gasteiger partial charge in [-0.05, 0) is 44.2 Å². The number of carbonyl (C=O) groups excluding carboxylic acids is 5. The van der Waals surface area contributed by atoms with Crippen LogP contribution in [0.25, 0.3) is 0 Å². The molecule has 1 aromatic rings. The van der Waals surface area contributed by atoms with Gasteiger partial charge in [-0.2, -0.15) is 0 Å². The highest BCUT2D eigenvalue weighted by atomic mass is 16.6. The Morgan fingerprint density at radius 3 is 2.29 bits per heavy atom. The standard InChI is InChI=1S/C36H46O12/c1-10-19(4)28(40)48-30-32(5,6)22(15-24(37)44-9)34(8)21-11-13-33(7)23(16-25(38)46-26(33)20-12-14-45-17-20)35(21,42)31(36(30,43)29(34)41)47-27(39)18(2)3/h10,12,14,16-18,21-22,26,30-31,42-43H,11,13,15H2,1-9H3/b19-10+/t21-,22+,26+,30+,31+,33-,34-,35-,36+/m1/s1. The number of hydrogen-bond donors (Lipinski definition) is 2. The molecule has 0 unspecified atom stereocenters. The molecule has 2 N–H and O–H groups in total. The van der Waals surface area contributed by atoms with Gasteiger partial charge >= 0.3 is 23.9 Å². The van der Waals surface area contributed by atoms with Gasteiger partial charge in [0.2, 0.25) is 5.60 Å². The van der Waals surface area contributed by atoms with Crippen LogP contribution in [0.3, 0.4) is 0 Å². The van der Waals surface area contributed by atoms with Gasteiger partial charge in [0.15, 0.2) is 11.9 Å². The van der Waals surface area contributed by atoms with E-state index in [1.165, 1.54) is 32.6 Å². The van der Waals surface area contributed by atoms with Crippen molar-refractivity contribution in [3.05, 3.63) is 47.5 Å².